The third-order valence-corrected chi connectivity index (χ3v) is 5.75. The van der Waals surface area contributed by atoms with Crippen LogP contribution in [0, 0.1) is 5.82 Å². The van der Waals surface area contributed by atoms with Crippen LogP contribution in [-0.2, 0) is 6.42 Å². The fourth-order valence-corrected chi connectivity index (χ4v) is 4.20. The van der Waals surface area contributed by atoms with Crippen LogP contribution in [0.2, 0.25) is 0 Å². The van der Waals surface area contributed by atoms with Gasteiger partial charge in [-0.05, 0) is 49.1 Å². The maximum atomic E-state index is 13.6. The average Bonchev–Trinajstić information content (AvgIpc) is 3.00. The number of nitrogens with zero attached hydrogens (tertiary/aromatic N) is 1. The van der Waals surface area contributed by atoms with E-state index in [1.165, 1.54) is 11.0 Å². The summed E-state index contributed by atoms with van der Waals surface area (Å²) >= 11 is 0. The van der Waals surface area contributed by atoms with Crippen LogP contribution in [0.1, 0.15) is 58.4 Å². The summed E-state index contributed by atoms with van der Waals surface area (Å²) in [5.41, 5.74) is 1.68. The zero-order valence-corrected chi connectivity index (χ0v) is 16.6. The highest BCUT2D eigenvalue weighted by molar-refractivity contribution is 6.22. The maximum Gasteiger partial charge on any atom is 0.319 e. The molecule has 1 fully saturated rings. The number of amides is 4. The molecule has 0 saturated heterocycles. The minimum absolute atomic E-state index is 0.0377. The monoisotopic (exact) mass is 409 g/mol. The Bertz CT molecular complexity index is 985. The van der Waals surface area contributed by atoms with E-state index in [-0.39, 0.29) is 30.2 Å². The topological polar surface area (TPSA) is 78.5 Å². The molecule has 0 atom stereocenters. The van der Waals surface area contributed by atoms with Crippen molar-refractivity contribution in [1.29, 1.82) is 0 Å². The molecule has 6 nitrogen and oxygen atoms in total. The van der Waals surface area contributed by atoms with Crippen molar-refractivity contribution in [3.63, 3.8) is 0 Å². The number of carbonyl (C=O) groups excluding carboxylic acids is 3. The van der Waals surface area contributed by atoms with Gasteiger partial charge in [-0.25, -0.2) is 9.18 Å². The Kier molecular flexibility index (Phi) is 5.79. The summed E-state index contributed by atoms with van der Waals surface area (Å²) in [5, 5.41) is 5.35. The molecular formula is C23H24FN3O3. The number of urea groups is 1. The Morgan fingerprint density at radius 2 is 1.73 bits per heavy atom. The van der Waals surface area contributed by atoms with Crippen molar-refractivity contribution < 1.29 is 18.8 Å². The van der Waals surface area contributed by atoms with Gasteiger partial charge < -0.3 is 10.6 Å². The normalized spacial score (nSPS) is 16.5. The number of anilines is 1. The average molecular weight is 409 g/mol. The van der Waals surface area contributed by atoms with Crippen molar-refractivity contribution in [2.24, 2.45) is 0 Å². The number of imide groups is 1. The zero-order chi connectivity index (χ0) is 21.1. The lowest BCUT2D eigenvalue weighted by Crippen LogP contribution is -2.40. The number of benzene rings is 2. The van der Waals surface area contributed by atoms with Gasteiger partial charge in [-0.2, -0.15) is 0 Å². The Balaban J connectivity index is 1.37. The van der Waals surface area contributed by atoms with Crippen molar-refractivity contribution in [1.82, 2.24) is 10.2 Å². The molecule has 0 spiro atoms. The van der Waals surface area contributed by atoms with Gasteiger partial charge in [-0.1, -0.05) is 37.5 Å². The van der Waals surface area contributed by atoms with Gasteiger partial charge in [0.15, 0.2) is 0 Å². The van der Waals surface area contributed by atoms with Gasteiger partial charge in [-0.15, -0.1) is 0 Å². The first-order valence-electron chi connectivity index (χ1n) is 10.3. The van der Waals surface area contributed by atoms with Gasteiger partial charge in [0.1, 0.15) is 5.82 Å². The number of nitrogens with one attached hydrogen (secondary N) is 2. The van der Waals surface area contributed by atoms with Crippen LogP contribution < -0.4 is 10.6 Å². The molecule has 156 valence electrons. The summed E-state index contributed by atoms with van der Waals surface area (Å²) in [5.74, 6) is -0.836. The van der Waals surface area contributed by atoms with E-state index < -0.39 is 6.03 Å². The third kappa shape index (κ3) is 4.06. The number of halogens is 1. The maximum absolute atomic E-state index is 13.6. The summed E-state index contributed by atoms with van der Waals surface area (Å²) in [6, 6.07) is 10.7. The SMILES string of the molecule is O=C(NCCc1ccccc1F)Nc1ccc2c(c1)C(=O)N(C1CCCCC1)C2=O. The largest absolute Gasteiger partial charge is 0.338 e. The van der Waals surface area contributed by atoms with Crippen LogP contribution in [0.25, 0.3) is 0 Å². The second-order valence-electron chi connectivity index (χ2n) is 7.75. The first-order valence-corrected chi connectivity index (χ1v) is 10.3. The molecule has 2 aliphatic rings. The van der Waals surface area contributed by atoms with Gasteiger partial charge in [0.2, 0.25) is 0 Å². The molecule has 7 heteroatoms. The fourth-order valence-electron chi connectivity index (χ4n) is 4.20. The van der Waals surface area contributed by atoms with Gasteiger partial charge >= 0.3 is 6.03 Å². The number of hydrogen-bond acceptors (Lipinski definition) is 3. The van der Waals surface area contributed by atoms with Crippen LogP contribution in [0.4, 0.5) is 14.9 Å². The molecule has 4 rings (SSSR count). The quantitative estimate of drug-likeness (QED) is 0.729. The number of hydrogen-bond donors (Lipinski definition) is 2. The number of fused-ring (bicyclic) bond motifs is 1. The Morgan fingerprint density at radius 3 is 2.50 bits per heavy atom. The van der Waals surface area contributed by atoms with Gasteiger partial charge in [0.05, 0.1) is 11.1 Å². The van der Waals surface area contributed by atoms with E-state index >= 15 is 0 Å². The molecule has 0 aromatic heterocycles. The van der Waals surface area contributed by atoms with Gasteiger partial charge in [0, 0.05) is 18.3 Å². The second-order valence-corrected chi connectivity index (χ2v) is 7.75. The first-order chi connectivity index (χ1) is 14.5. The van der Waals surface area contributed by atoms with Crippen LogP contribution in [0.15, 0.2) is 42.5 Å². The highest BCUT2D eigenvalue weighted by Gasteiger charge is 2.40. The summed E-state index contributed by atoms with van der Waals surface area (Å²) in [7, 11) is 0. The highest BCUT2D eigenvalue weighted by atomic mass is 19.1. The lowest BCUT2D eigenvalue weighted by Gasteiger charge is -2.29. The third-order valence-electron chi connectivity index (χ3n) is 5.75. The van der Waals surface area contributed by atoms with E-state index in [0.717, 1.165) is 32.1 Å². The standard InChI is InChI=1S/C23H24FN3O3/c24-20-9-5-4-6-15(20)12-13-25-23(30)26-16-10-11-18-19(14-16)22(29)27(21(18)28)17-7-2-1-3-8-17/h4-6,9-11,14,17H,1-3,7-8,12-13H2,(H2,25,26,30). The van der Waals surface area contributed by atoms with Crippen LogP contribution in [0.3, 0.4) is 0 Å². The Labute approximate surface area is 174 Å². The van der Waals surface area contributed by atoms with E-state index in [1.54, 1.807) is 36.4 Å². The van der Waals surface area contributed by atoms with E-state index in [2.05, 4.69) is 10.6 Å². The number of rotatable bonds is 5. The molecule has 1 aliphatic heterocycles. The zero-order valence-electron chi connectivity index (χ0n) is 16.6. The summed E-state index contributed by atoms with van der Waals surface area (Å²) in [6.07, 6.45) is 5.26. The molecule has 1 aliphatic carbocycles. The van der Waals surface area contributed by atoms with Crippen molar-refractivity contribution >= 4 is 23.5 Å². The van der Waals surface area contributed by atoms with Crippen LogP contribution >= 0.6 is 0 Å². The van der Waals surface area contributed by atoms with Crippen molar-refractivity contribution in [2.75, 3.05) is 11.9 Å². The summed E-state index contributed by atoms with van der Waals surface area (Å²) < 4.78 is 13.6. The lowest BCUT2D eigenvalue weighted by atomic mass is 9.94. The van der Waals surface area contributed by atoms with E-state index in [0.29, 0.717) is 28.8 Å². The predicted molar refractivity (Wildman–Crippen MR) is 111 cm³/mol. The number of carbonyl (C=O) groups is 3. The van der Waals surface area contributed by atoms with Crippen molar-refractivity contribution in [3.8, 4) is 0 Å². The van der Waals surface area contributed by atoms with Gasteiger partial charge in [0.25, 0.3) is 11.8 Å². The Hall–Kier alpha value is -3.22. The molecule has 0 unspecified atom stereocenters. The molecule has 2 N–H and O–H groups in total. The first kappa shape index (κ1) is 20.1. The molecule has 1 heterocycles. The van der Waals surface area contributed by atoms with Crippen LogP contribution in [-0.4, -0.2) is 35.3 Å². The molecular weight excluding hydrogens is 385 g/mol. The molecule has 1 saturated carbocycles. The van der Waals surface area contributed by atoms with Gasteiger partial charge in [-0.3, -0.25) is 14.5 Å². The predicted octanol–water partition coefficient (Wildman–Crippen LogP) is 4.12. The van der Waals surface area contributed by atoms with E-state index in [9.17, 15) is 18.8 Å². The summed E-state index contributed by atoms with van der Waals surface area (Å²) in [4.78, 5) is 39.1. The van der Waals surface area contributed by atoms with Crippen LogP contribution in [0.5, 0.6) is 0 Å². The smallest absolute Gasteiger partial charge is 0.319 e. The molecule has 4 amide bonds. The molecule has 30 heavy (non-hydrogen) atoms. The van der Waals surface area contributed by atoms with E-state index in [4.69, 9.17) is 0 Å². The molecule has 0 radical (unpaired) electrons. The minimum atomic E-state index is -0.452. The minimum Gasteiger partial charge on any atom is -0.338 e. The fraction of sp³-hybridized carbons (Fsp3) is 0.348. The molecule has 0 bridgehead atoms. The van der Waals surface area contributed by atoms with Crippen molar-refractivity contribution in [3.05, 3.63) is 65.0 Å². The second kappa shape index (κ2) is 8.65. The highest BCUT2D eigenvalue weighted by Crippen LogP contribution is 2.32. The summed E-state index contributed by atoms with van der Waals surface area (Å²) in [6.45, 7) is 0.268. The van der Waals surface area contributed by atoms with Crippen molar-refractivity contribution in [2.45, 2.75) is 44.6 Å². The lowest BCUT2D eigenvalue weighted by molar-refractivity contribution is 0.0549. The van der Waals surface area contributed by atoms with E-state index in [1.807, 2.05) is 0 Å². The molecule has 2 aromatic carbocycles. The molecule has 2 aromatic rings. The Morgan fingerprint density at radius 1 is 1.00 bits per heavy atom.